The Morgan fingerprint density at radius 1 is 0.270 bits per heavy atom. The molecule has 4 heteroatoms. The molecule has 0 aliphatic rings. The van der Waals surface area contributed by atoms with Gasteiger partial charge in [-0.15, -0.1) is 0 Å². The van der Waals surface area contributed by atoms with Gasteiger partial charge in [-0.25, -0.2) is 15.0 Å². The van der Waals surface area contributed by atoms with Crippen molar-refractivity contribution in [3.63, 3.8) is 0 Å². The van der Waals surface area contributed by atoms with Crippen LogP contribution in [0.5, 0.6) is 0 Å². The Morgan fingerprint density at radius 3 is 1.27 bits per heavy atom. The molecule has 0 spiro atoms. The molecule has 2 heterocycles. The second kappa shape index (κ2) is 15.2. The van der Waals surface area contributed by atoms with Crippen LogP contribution < -0.4 is 0 Å². The molecule has 0 atom stereocenters. The van der Waals surface area contributed by atoms with E-state index in [2.05, 4.69) is 217 Å². The molecule has 0 bridgehead atoms. The van der Waals surface area contributed by atoms with Crippen LogP contribution in [0.2, 0.25) is 0 Å². The van der Waals surface area contributed by atoms with Gasteiger partial charge < -0.3 is 0 Å². The first kappa shape index (κ1) is 36.4. The highest BCUT2D eigenvalue weighted by Crippen LogP contribution is 2.40. The molecule has 0 saturated heterocycles. The van der Waals surface area contributed by atoms with Crippen LogP contribution in [-0.4, -0.2) is 19.5 Å². The van der Waals surface area contributed by atoms with Crippen molar-refractivity contribution in [1.29, 1.82) is 0 Å². The van der Waals surface area contributed by atoms with E-state index in [1.165, 1.54) is 21.5 Å². The third-order valence-corrected chi connectivity index (χ3v) is 12.2. The van der Waals surface area contributed by atoms with Gasteiger partial charge in [0.05, 0.1) is 33.5 Å². The summed E-state index contributed by atoms with van der Waals surface area (Å²) in [6.07, 6.45) is 0. The van der Waals surface area contributed by atoms with Crippen molar-refractivity contribution in [3.05, 3.63) is 231 Å². The van der Waals surface area contributed by atoms with Gasteiger partial charge in [0.2, 0.25) is 0 Å². The van der Waals surface area contributed by atoms with Crippen molar-refractivity contribution >= 4 is 43.6 Å². The van der Waals surface area contributed by atoms with E-state index < -0.39 is 0 Å². The van der Waals surface area contributed by atoms with Gasteiger partial charge in [-0.05, 0) is 103 Å². The minimum Gasteiger partial charge on any atom is -0.292 e. The van der Waals surface area contributed by atoms with E-state index in [0.29, 0.717) is 0 Å². The molecular weight excluding hydrogens is 765 g/mol. The first-order valence-corrected chi connectivity index (χ1v) is 21.3. The number of benzene rings is 10. The Hall–Kier alpha value is -8.47. The van der Waals surface area contributed by atoms with Crippen molar-refractivity contribution < 1.29 is 0 Å². The van der Waals surface area contributed by atoms with E-state index >= 15 is 0 Å². The zero-order valence-corrected chi connectivity index (χ0v) is 34.2. The first-order chi connectivity index (χ1) is 31.2. The van der Waals surface area contributed by atoms with Crippen molar-refractivity contribution in [2.75, 3.05) is 0 Å². The Morgan fingerprint density at radius 2 is 0.698 bits per heavy atom. The van der Waals surface area contributed by atoms with Crippen molar-refractivity contribution in [1.82, 2.24) is 19.5 Å². The van der Waals surface area contributed by atoms with E-state index in [1.807, 2.05) is 18.2 Å². The summed E-state index contributed by atoms with van der Waals surface area (Å²) in [5.41, 5.74) is 16.4. The van der Waals surface area contributed by atoms with E-state index in [4.69, 9.17) is 15.0 Å². The van der Waals surface area contributed by atoms with E-state index in [1.54, 1.807) is 0 Å². The van der Waals surface area contributed by atoms with E-state index in [0.717, 1.165) is 95.0 Å². The Balaban J connectivity index is 0.962. The van der Waals surface area contributed by atoms with Crippen LogP contribution in [0.25, 0.3) is 117 Å². The predicted octanol–water partition coefficient (Wildman–Crippen LogP) is 15.3. The molecule has 0 radical (unpaired) electrons. The Bertz CT molecular complexity index is 3650. The van der Waals surface area contributed by atoms with Gasteiger partial charge in [0, 0.05) is 22.4 Å². The first-order valence-electron chi connectivity index (χ1n) is 21.3. The second-order valence-corrected chi connectivity index (χ2v) is 16.0. The third kappa shape index (κ3) is 6.62. The monoisotopic (exact) mass is 802 g/mol. The van der Waals surface area contributed by atoms with Crippen LogP contribution in [0.4, 0.5) is 0 Å². The van der Waals surface area contributed by atoms with Gasteiger partial charge in [0.25, 0.3) is 0 Å². The molecule has 12 aromatic rings. The van der Waals surface area contributed by atoms with Crippen molar-refractivity contribution in [3.8, 4) is 73.0 Å². The lowest BCUT2D eigenvalue weighted by atomic mass is 9.91. The summed E-state index contributed by atoms with van der Waals surface area (Å²) < 4.78 is 2.24. The minimum atomic E-state index is 0.846. The molecule has 0 N–H and O–H groups in total. The summed E-state index contributed by atoms with van der Waals surface area (Å²) in [5.74, 6) is 0.917. The van der Waals surface area contributed by atoms with Gasteiger partial charge >= 0.3 is 0 Å². The average molecular weight is 803 g/mol. The molecule has 4 nitrogen and oxygen atoms in total. The quantitative estimate of drug-likeness (QED) is 0.161. The van der Waals surface area contributed by atoms with Gasteiger partial charge in [-0.2, -0.15) is 0 Å². The van der Waals surface area contributed by atoms with Crippen LogP contribution in [0.3, 0.4) is 0 Å². The lowest BCUT2D eigenvalue weighted by Crippen LogP contribution is -1.97. The van der Waals surface area contributed by atoms with E-state index in [-0.39, 0.29) is 0 Å². The summed E-state index contributed by atoms with van der Waals surface area (Å²) in [7, 11) is 0. The number of hydrogen-bond donors (Lipinski definition) is 0. The largest absolute Gasteiger partial charge is 0.292 e. The third-order valence-electron chi connectivity index (χ3n) is 12.2. The Kier molecular flexibility index (Phi) is 8.79. The number of imidazole rings is 1. The number of hydrogen-bond acceptors (Lipinski definition) is 3. The fourth-order valence-corrected chi connectivity index (χ4v) is 8.98. The maximum absolute atomic E-state index is 5.48. The maximum Gasteiger partial charge on any atom is 0.145 e. The number of aromatic nitrogens is 4. The average Bonchev–Trinajstić information content (AvgIpc) is 3.76. The molecule has 0 saturated carbocycles. The van der Waals surface area contributed by atoms with Crippen molar-refractivity contribution in [2.24, 2.45) is 0 Å². The summed E-state index contributed by atoms with van der Waals surface area (Å²) >= 11 is 0. The topological polar surface area (TPSA) is 43.6 Å². The van der Waals surface area contributed by atoms with Crippen LogP contribution in [0, 0.1) is 0 Å². The highest BCUT2D eigenvalue weighted by atomic mass is 15.1. The smallest absolute Gasteiger partial charge is 0.145 e. The van der Waals surface area contributed by atoms with Crippen LogP contribution in [0.15, 0.2) is 231 Å². The van der Waals surface area contributed by atoms with Crippen LogP contribution in [0.1, 0.15) is 0 Å². The molecule has 0 aliphatic heterocycles. The van der Waals surface area contributed by atoms with Crippen LogP contribution in [-0.2, 0) is 0 Å². The van der Waals surface area contributed by atoms with Gasteiger partial charge in [-0.1, -0.05) is 182 Å². The normalized spacial score (nSPS) is 11.5. The molecule has 294 valence electrons. The second-order valence-electron chi connectivity index (χ2n) is 16.0. The molecule has 63 heavy (non-hydrogen) atoms. The number of nitrogens with zero attached hydrogens (tertiary/aromatic N) is 4. The molecule has 0 aliphatic carbocycles. The van der Waals surface area contributed by atoms with Crippen molar-refractivity contribution in [2.45, 2.75) is 0 Å². The standard InChI is InChI=1S/C59H38N4/c1-3-15-43(16-4-1)57-58(44-29-23-41(24-30-44)42-25-31-45(32-26-42)59-62-53-21-11-12-22-56(53)63(59)50-19-5-2-6-20-50)61-55-38-52(49-34-28-40-14-8-10-18-47(40)36-49)51(37-54(55)60-57)48-33-27-39-13-7-9-17-46(39)35-48/h1-38H. The number of rotatable bonds is 7. The highest BCUT2D eigenvalue weighted by molar-refractivity contribution is 6.00. The molecule has 10 aromatic carbocycles. The van der Waals surface area contributed by atoms with Gasteiger partial charge in [-0.3, -0.25) is 4.57 Å². The molecule has 0 fully saturated rings. The van der Waals surface area contributed by atoms with Gasteiger partial charge in [0.15, 0.2) is 0 Å². The SMILES string of the molecule is c1ccc(-c2nc3cc(-c4ccc5ccccc5c4)c(-c4ccc5ccccc5c4)cc3nc2-c2ccc(-c3ccc(-c4nc5ccccc5n4-c4ccccc4)cc3)cc2)cc1. The summed E-state index contributed by atoms with van der Waals surface area (Å²) in [6, 6.07) is 81.6. The van der Waals surface area contributed by atoms with Crippen LogP contribution >= 0.6 is 0 Å². The molecule has 2 aromatic heterocycles. The fourth-order valence-electron chi connectivity index (χ4n) is 8.98. The lowest BCUT2D eigenvalue weighted by Gasteiger charge is -2.16. The maximum atomic E-state index is 5.48. The lowest BCUT2D eigenvalue weighted by molar-refractivity contribution is 1.10. The fraction of sp³-hybridized carbons (Fsp3) is 0. The zero-order valence-electron chi connectivity index (χ0n) is 34.2. The highest BCUT2D eigenvalue weighted by Gasteiger charge is 2.19. The number of fused-ring (bicyclic) bond motifs is 4. The Labute approximate surface area is 365 Å². The molecule has 0 amide bonds. The zero-order chi connectivity index (χ0) is 41.7. The molecule has 12 rings (SSSR count). The van der Waals surface area contributed by atoms with Gasteiger partial charge in [0.1, 0.15) is 5.82 Å². The summed E-state index contributed by atoms with van der Waals surface area (Å²) in [4.78, 5) is 16.0. The summed E-state index contributed by atoms with van der Waals surface area (Å²) in [5, 5.41) is 4.84. The minimum absolute atomic E-state index is 0.846. The summed E-state index contributed by atoms with van der Waals surface area (Å²) in [6.45, 7) is 0. The van der Waals surface area contributed by atoms with E-state index in [9.17, 15) is 0 Å². The molecule has 0 unspecified atom stereocenters. The number of para-hydroxylation sites is 3. The predicted molar refractivity (Wildman–Crippen MR) is 262 cm³/mol. The molecular formula is C59H38N4.